The summed E-state index contributed by atoms with van der Waals surface area (Å²) in [4.78, 5) is 0. The molecule has 0 atom stereocenters. The van der Waals surface area contributed by atoms with Crippen molar-refractivity contribution >= 4 is 43.6 Å². The molecule has 18 aromatic rings. The smallest absolute Gasteiger partial charge is 0.0547 e. The highest BCUT2D eigenvalue weighted by atomic mass is 15.0. The van der Waals surface area contributed by atoms with Crippen LogP contribution in [0.25, 0.3) is 177 Å². The van der Waals surface area contributed by atoms with E-state index in [1.807, 2.05) is 0 Å². The summed E-state index contributed by atoms with van der Waals surface area (Å²) in [6, 6.07) is 129. The molecule has 2 nitrogen and oxygen atoms in total. The van der Waals surface area contributed by atoms with Gasteiger partial charge in [0.1, 0.15) is 0 Å². The Balaban J connectivity index is 0.629. The Hall–Kier alpha value is -12.9. The number of benzene rings is 16. The van der Waals surface area contributed by atoms with Crippen LogP contribution in [0.3, 0.4) is 0 Å². The van der Waals surface area contributed by atoms with Crippen LogP contribution in [0.1, 0.15) is 99.9 Å². The first-order valence-corrected chi connectivity index (χ1v) is 39.1. The molecule has 0 bridgehead atoms. The third-order valence-corrected chi connectivity index (χ3v) is 26.1. The van der Waals surface area contributed by atoms with Crippen molar-refractivity contribution in [2.75, 3.05) is 0 Å². The minimum absolute atomic E-state index is 0.149. The van der Waals surface area contributed by atoms with E-state index in [1.54, 1.807) is 0 Å². The molecule has 2 heterocycles. The Kier molecular flexibility index (Phi) is 13.6. The third-order valence-electron chi connectivity index (χ3n) is 26.1. The van der Waals surface area contributed by atoms with Crippen molar-refractivity contribution in [1.82, 2.24) is 9.13 Å². The third kappa shape index (κ3) is 9.17. The Morgan fingerprint density at radius 1 is 0.164 bits per heavy atom. The van der Waals surface area contributed by atoms with E-state index in [0.717, 1.165) is 11.4 Å². The lowest BCUT2D eigenvalue weighted by molar-refractivity contribution is 0.662. The van der Waals surface area contributed by atoms with E-state index in [4.69, 9.17) is 0 Å². The first kappa shape index (κ1) is 64.3. The molecule has 4 aliphatic carbocycles. The second-order valence-corrected chi connectivity index (χ2v) is 33.4. The quantitative estimate of drug-likeness (QED) is 0.136. The van der Waals surface area contributed by atoms with Crippen LogP contribution in [0.4, 0.5) is 0 Å². The van der Waals surface area contributed by atoms with Gasteiger partial charge in [-0.3, -0.25) is 0 Å². The summed E-state index contributed by atoms with van der Waals surface area (Å²) >= 11 is 0. The van der Waals surface area contributed by atoms with Crippen LogP contribution in [0.15, 0.2) is 340 Å². The predicted molar refractivity (Wildman–Crippen MR) is 463 cm³/mol. The highest BCUT2D eigenvalue weighted by molar-refractivity contribution is 6.14. The van der Waals surface area contributed by atoms with Crippen molar-refractivity contribution in [3.8, 4) is 134 Å². The molecular weight excluding hydrogens is 1330 g/mol. The summed E-state index contributed by atoms with van der Waals surface area (Å²) in [7, 11) is 0. The highest BCUT2D eigenvalue weighted by Gasteiger charge is 2.42. The molecular formula is C108H80N2. The number of rotatable bonds is 9. The molecule has 0 aliphatic heterocycles. The second kappa shape index (κ2) is 23.3. The zero-order valence-corrected chi connectivity index (χ0v) is 63.2. The number of nitrogens with zero attached hydrogens (tertiary/aromatic N) is 2. The normalized spacial score (nSPS) is 14.7. The number of hydrogen-bond donors (Lipinski definition) is 0. The molecule has 0 saturated carbocycles. The standard InChI is InChI=1S/C108H80N2/c1-105(2)93-37-17-15-27-81(93)86-33-19-29-77(101(86)105)71-47-57-97-91(60-71)92-61-72(48-58-98(92)109(97)75-49-39-67(40-50-75)65-23-11-9-12-24-65)78-30-20-35-88-83-53-43-70(62-96(83)108(7,8)103(78)88)69-46-56-95-90(59-69)89-36-22-32-80(104(89)107(95,5)6)74-45-55-85-84-54-44-73(79-31-21-34-87-82-28-16-18-38-94(82)106(3,4)102(79)87)63-99(84)110(100(85)64-74)76-51-41-68(42-52-76)66-25-13-10-14-26-66/h9-64H,1-8H3. The molecule has 2 heteroatoms. The van der Waals surface area contributed by atoms with Crippen molar-refractivity contribution < 1.29 is 0 Å². The molecule has 16 aromatic carbocycles. The molecule has 0 amide bonds. The van der Waals surface area contributed by atoms with Gasteiger partial charge in [-0.25, -0.2) is 0 Å². The van der Waals surface area contributed by atoms with E-state index in [0.29, 0.717) is 0 Å². The van der Waals surface area contributed by atoms with Crippen LogP contribution in [0.2, 0.25) is 0 Å². The minimum Gasteiger partial charge on any atom is -0.309 e. The molecule has 522 valence electrons. The van der Waals surface area contributed by atoms with Crippen molar-refractivity contribution in [3.63, 3.8) is 0 Å². The van der Waals surface area contributed by atoms with Crippen LogP contribution in [0, 0.1) is 0 Å². The molecule has 110 heavy (non-hydrogen) atoms. The van der Waals surface area contributed by atoms with E-state index in [-0.39, 0.29) is 21.7 Å². The molecule has 22 rings (SSSR count). The van der Waals surface area contributed by atoms with Gasteiger partial charge in [-0.1, -0.05) is 322 Å². The molecule has 0 radical (unpaired) electrons. The first-order valence-electron chi connectivity index (χ1n) is 39.1. The van der Waals surface area contributed by atoms with Crippen molar-refractivity contribution in [2.24, 2.45) is 0 Å². The fraction of sp³-hybridized carbons (Fsp3) is 0.111. The van der Waals surface area contributed by atoms with Gasteiger partial charge < -0.3 is 9.13 Å². The Bertz CT molecular complexity index is 6960. The Morgan fingerprint density at radius 2 is 0.464 bits per heavy atom. The average molecular weight is 1410 g/mol. The maximum Gasteiger partial charge on any atom is 0.0547 e. The molecule has 4 aliphatic rings. The predicted octanol–water partition coefficient (Wildman–Crippen LogP) is 28.8. The zero-order valence-electron chi connectivity index (χ0n) is 63.2. The van der Waals surface area contributed by atoms with Gasteiger partial charge in [0.2, 0.25) is 0 Å². The highest BCUT2D eigenvalue weighted by Crippen LogP contribution is 2.59. The van der Waals surface area contributed by atoms with E-state index < -0.39 is 0 Å². The fourth-order valence-corrected chi connectivity index (χ4v) is 20.9. The summed E-state index contributed by atoms with van der Waals surface area (Å²) in [5, 5.41) is 4.97. The largest absolute Gasteiger partial charge is 0.309 e. The van der Waals surface area contributed by atoms with Gasteiger partial charge in [-0.05, 0) is 240 Å². The minimum atomic E-state index is -0.306. The number of fused-ring (bicyclic) bond motifs is 18. The summed E-state index contributed by atoms with van der Waals surface area (Å²) in [5.74, 6) is 0. The lowest BCUT2D eigenvalue weighted by atomic mass is 9.78. The van der Waals surface area contributed by atoms with Gasteiger partial charge in [0.05, 0.1) is 22.1 Å². The first-order chi connectivity index (χ1) is 53.6. The van der Waals surface area contributed by atoms with Gasteiger partial charge in [0, 0.05) is 54.6 Å². The molecule has 0 spiro atoms. The summed E-state index contributed by atoms with van der Waals surface area (Å²) < 4.78 is 5.01. The molecule has 0 unspecified atom stereocenters. The average Bonchev–Trinajstić information content (AvgIpc) is 1.57. The van der Waals surface area contributed by atoms with E-state index in [9.17, 15) is 0 Å². The Morgan fingerprint density at radius 3 is 0.909 bits per heavy atom. The molecule has 2 aromatic heterocycles. The second-order valence-electron chi connectivity index (χ2n) is 33.4. The van der Waals surface area contributed by atoms with Crippen LogP contribution in [0.5, 0.6) is 0 Å². The van der Waals surface area contributed by atoms with Gasteiger partial charge in [-0.2, -0.15) is 0 Å². The maximum absolute atomic E-state index is 2.53. The number of hydrogen-bond acceptors (Lipinski definition) is 0. The number of aromatic nitrogens is 2. The van der Waals surface area contributed by atoms with Gasteiger partial charge in [0.25, 0.3) is 0 Å². The lowest BCUT2D eigenvalue weighted by Gasteiger charge is -2.25. The van der Waals surface area contributed by atoms with Crippen LogP contribution in [-0.2, 0) is 21.7 Å². The topological polar surface area (TPSA) is 9.86 Å². The summed E-state index contributed by atoms with van der Waals surface area (Å²) in [6.45, 7) is 19.4. The lowest BCUT2D eigenvalue weighted by Crippen LogP contribution is -2.16. The summed E-state index contributed by atoms with van der Waals surface area (Å²) in [6.07, 6.45) is 0. The van der Waals surface area contributed by atoms with E-state index in [1.165, 1.54) is 211 Å². The van der Waals surface area contributed by atoms with Crippen molar-refractivity contribution in [3.05, 3.63) is 384 Å². The van der Waals surface area contributed by atoms with E-state index in [2.05, 4.69) is 404 Å². The molecule has 0 saturated heterocycles. The zero-order chi connectivity index (χ0) is 73.8. The van der Waals surface area contributed by atoms with Crippen molar-refractivity contribution in [1.29, 1.82) is 0 Å². The Labute approximate surface area is 643 Å². The fourth-order valence-electron chi connectivity index (χ4n) is 20.9. The monoisotopic (exact) mass is 1400 g/mol. The van der Waals surface area contributed by atoms with Crippen LogP contribution < -0.4 is 0 Å². The van der Waals surface area contributed by atoms with Gasteiger partial charge in [0.15, 0.2) is 0 Å². The van der Waals surface area contributed by atoms with Crippen LogP contribution >= 0.6 is 0 Å². The maximum atomic E-state index is 2.53. The van der Waals surface area contributed by atoms with Gasteiger partial charge >= 0.3 is 0 Å². The molecule has 0 N–H and O–H groups in total. The molecule has 0 fully saturated rings. The summed E-state index contributed by atoms with van der Waals surface area (Å²) in [5.41, 5.74) is 45.1. The van der Waals surface area contributed by atoms with E-state index >= 15 is 0 Å². The van der Waals surface area contributed by atoms with Crippen LogP contribution in [-0.4, -0.2) is 9.13 Å². The SMILES string of the molecule is CC1(C)c2ccccc2-c2cccc(-c3ccc4c(c3)c3cc(-c5cccc6c5C(C)(C)c5cc(-c7ccc8c(c7)-c7cccc(-c9ccc%10c%11ccc(-c%12cccc%13c%12C(C)(C)c%12ccccc%12-%13)cc%11n(-c%11ccc(-c%12ccccc%12)cc%11)c%10c9)c7C8(C)C)ccc5-6)ccc3n4-c3ccc(-c4ccccc4)cc3)c21. The van der Waals surface area contributed by atoms with Crippen molar-refractivity contribution in [2.45, 2.75) is 77.0 Å². The van der Waals surface area contributed by atoms with Gasteiger partial charge in [-0.15, -0.1) is 0 Å².